The molecule has 0 radical (unpaired) electrons. The van der Waals surface area contributed by atoms with Gasteiger partial charge in [-0.3, -0.25) is 0 Å². The van der Waals surface area contributed by atoms with E-state index in [9.17, 15) is 4.39 Å². The van der Waals surface area contributed by atoms with Crippen LogP contribution in [0.2, 0.25) is 0 Å². The number of rotatable bonds is 4. The Labute approximate surface area is 122 Å². The number of nitrogens with one attached hydrogen (secondary N) is 1. The maximum atomic E-state index is 13.5. The summed E-state index contributed by atoms with van der Waals surface area (Å²) in [5.74, 6) is -0.214. The fourth-order valence-electron chi connectivity index (χ4n) is 2.20. The lowest BCUT2D eigenvalue weighted by atomic mass is 9.97. The summed E-state index contributed by atoms with van der Waals surface area (Å²) in [6.07, 6.45) is 0. The lowest BCUT2D eigenvalue weighted by Crippen LogP contribution is -2.22. The third-order valence-electron chi connectivity index (χ3n) is 3.05. The van der Waals surface area contributed by atoms with E-state index < -0.39 is 0 Å². The van der Waals surface area contributed by atoms with E-state index in [0.29, 0.717) is 0 Å². The number of halogens is 2. The Morgan fingerprint density at radius 2 is 2.00 bits per heavy atom. The molecule has 0 bridgehead atoms. The zero-order valence-corrected chi connectivity index (χ0v) is 12.7. The molecule has 2 aromatic rings. The SMILES string of the molecule is CCNC(c1cccc(C)c1)c1cc(F)ccc1Br. The first-order chi connectivity index (χ1) is 9.11. The summed E-state index contributed by atoms with van der Waals surface area (Å²) in [6.45, 7) is 4.94. The minimum atomic E-state index is -0.214. The molecule has 3 heteroatoms. The molecule has 0 fully saturated rings. The Morgan fingerprint density at radius 1 is 1.21 bits per heavy atom. The van der Waals surface area contributed by atoms with Crippen LogP contribution in [0.1, 0.15) is 29.7 Å². The summed E-state index contributed by atoms with van der Waals surface area (Å²) in [5.41, 5.74) is 3.27. The van der Waals surface area contributed by atoms with Crippen LogP contribution in [0.25, 0.3) is 0 Å². The first-order valence-electron chi connectivity index (χ1n) is 6.36. The monoisotopic (exact) mass is 321 g/mol. The van der Waals surface area contributed by atoms with Crippen molar-refractivity contribution >= 4 is 15.9 Å². The van der Waals surface area contributed by atoms with Crippen molar-refractivity contribution in [3.63, 3.8) is 0 Å². The van der Waals surface area contributed by atoms with Crippen molar-refractivity contribution in [3.05, 3.63) is 69.4 Å². The van der Waals surface area contributed by atoms with Gasteiger partial charge in [-0.15, -0.1) is 0 Å². The normalized spacial score (nSPS) is 12.4. The molecule has 0 amide bonds. The first-order valence-corrected chi connectivity index (χ1v) is 7.16. The number of aryl methyl sites for hydroxylation is 1. The number of hydrogen-bond acceptors (Lipinski definition) is 1. The van der Waals surface area contributed by atoms with E-state index in [1.807, 2.05) is 6.07 Å². The fraction of sp³-hybridized carbons (Fsp3) is 0.250. The van der Waals surface area contributed by atoms with E-state index in [-0.39, 0.29) is 11.9 Å². The predicted molar refractivity (Wildman–Crippen MR) is 80.8 cm³/mol. The molecule has 100 valence electrons. The molecule has 0 heterocycles. The van der Waals surface area contributed by atoms with Crippen LogP contribution in [-0.2, 0) is 0 Å². The molecule has 1 N–H and O–H groups in total. The van der Waals surface area contributed by atoms with Crippen LogP contribution in [0, 0.1) is 12.7 Å². The highest BCUT2D eigenvalue weighted by Crippen LogP contribution is 2.29. The van der Waals surface area contributed by atoms with E-state index in [1.165, 1.54) is 11.6 Å². The van der Waals surface area contributed by atoms with Gasteiger partial charge >= 0.3 is 0 Å². The maximum absolute atomic E-state index is 13.5. The molecule has 0 saturated carbocycles. The van der Waals surface area contributed by atoms with Crippen molar-refractivity contribution in [3.8, 4) is 0 Å². The van der Waals surface area contributed by atoms with Crippen molar-refractivity contribution in [2.24, 2.45) is 0 Å². The minimum absolute atomic E-state index is 0.00465. The molecular weight excluding hydrogens is 305 g/mol. The van der Waals surface area contributed by atoms with Crippen molar-refractivity contribution < 1.29 is 4.39 Å². The Morgan fingerprint density at radius 3 is 2.68 bits per heavy atom. The summed E-state index contributed by atoms with van der Waals surface area (Å²) in [6, 6.07) is 13.1. The van der Waals surface area contributed by atoms with Crippen LogP contribution in [0.3, 0.4) is 0 Å². The van der Waals surface area contributed by atoms with E-state index >= 15 is 0 Å². The second-order valence-corrected chi connectivity index (χ2v) is 5.42. The van der Waals surface area contributed by atoms with Gasteiger partial charge in [0.1, 0.15) is 5.82 Å². The molecule has 0 aromatic heterocycles. The lowest BCUT2D eigenvalue weighted by molar-refractivity contribution is 0.601. The van der Waals surface area contributed by atoms with Gasteiger partial charge in [0.05, 0.1) is 6.04 Å². The molecule has 0 spiro atoms. The number of benzene rings is 2. The molecule has 2 rings (SSSR count). The minimum Gasteiger partial charge on any atom is -0.306 e. The molecular formula is C16H17BrFN. The van der Waals surface area contributed by atoms with Gasteiger partial charge in [-0.25, -0.2) is 4.39 Å². The van der Waals surface area contributed by atoms with Gasteiger partial charge in [0.25, 0.3) is 0 Å². The third kappa shape index (κ3) is 3.43. The topological polar surface area (TPSA) is 12.0 Å². The summed E-state index contributed by atoms with van der Waals surface area (Å²) in [4.78, 5) is 0. The molecule has 1 atom stereocenters. The Bertz CT molecular complexity index is 568. The van der Waals surface area contributed by atoms with Crippen LogP contribution in [0.5, 0.6) is 0 Å². The molecule has 0 aliphatic carbocycles. The summed E-state index contributed by atoms with van der Waals surface area (Å²) in [5, 5.41) is 3.41. The lowest BCUT2D eigenvalue weighted by Gasteiger charge is -2.21. The van der Waals surface area contributed by atoms with Crippen molar-refractivity contribution in [2.75, 3.05) is 6.54 Å². The fourth-order valence-corrected chi connectivity index (χ4v) is 2.67. The summed E-state index contributed by atoms with van der Waals surface area (Å²) in [7, 11) is 0. The second kappa shape index (κ2) is 6.31. The highest BCUT2D eigenvalue weighted by molar-refractivity contribution is 9.10. The third-order valence-corrected chi connectivity index (χ3v) is 3.77. The standard InChI is InChI=1S/C16H17BrFN/c1-3-19-16(12-6-4-5-11(2)9-12)14-10-13(18)7-8-15(14)17/h4-10,16,19H,3H2,1-2H3. The van der Waals surface area contributed by atoms with Gasteiger partial charge < -0.3 is 5.32 Å². The molecule has 0 saturated heterocycles. The quantitative estimate of drug-likeness (QED) is 0.868. The second-order valence-electron chi connectivity index (χ2n) is 4.57. The first kappa shape index (κ1) is 14.2. The van der Waals surface area contributed by atoms with Crippen molar-refractivity contribution in [1.82, 2.24) is 5.32 Å². The van der Waals surface area contributed by atoms with Crippen LogP contribution in [0.4, 0.5) is 4.39 Å². The van der Waals surface area contributed by atoms with E-state index in [1.54, 1.807) is 12.1 Å². The average Bonchev–Trinajstić information content (AvgIpc) is 2.39. The molecule has 1 nitrogen and oxygen atoms in total. The maximum Gasteiger partial charge on any atom is 0.123 e. The predicted octanol–water partition coefficient (Wildman–Crippen LogP) is 4.60. The molecule has 0 aliphatic rings. The van der Waals surface area contributed by atoms with Gasteiger partial charge in [0.15, 0.2) is 0 Å². The van der Waals surface area contributed by atoms with Gasteiger partial charge in [-0.05, 0) is 42.8 Å². The smallest absolute Gasteiger partial charge is 0.123 e. The van der Waals surface area contributed by atoms with E-state index in [4.69, 9.17) is 0 Å². The van der Waals surface area contributed by atoms with Crippen LogP contribution >= 0.6 is 15.9 Å². The molecule has 1 unspecified atom stereocenters. The zero-order valence-electron chi connectivity index (χ0n) is 11.1. The van der Waals surface area contributed by atoms with Crippen LogP contribution < -0.4 is 5.32 Å². The van der Waals surface area contributed by atoms with Gasteiger partial charge in [-0.1, -0.05) is 52.7 Å². The highest BCUT2D eigenvalue weighted by Gasteiger charge is 2.16. The van der Waals surface area contributed by atoms with Crippen molar-refractivity contribution in [1.29, 1.82) is 0 Å². The average molecular weight is 322 g/mol. The van der Waals surface area contributed by atoms with E-state index in [2.05, 4.69) is 53.3 Å². The van der Waals surface area contributed by atoms with E-state index in [0.717, 1.165) is 22.1 Å². The Balaban J connectivity index is 2.48. The Hall–Kier alpha value is -1.19. The Kier molecular flexibility index (Phi) is 4.72. The van der Waals surface area contributed by atoms with Crippen LogP contribution in [-0.4, -0.2) is 6.54 Å². The largest absolute Gasteiger partial charge is 0.306 e. The number of hydrogen-bond donors (Lipinski definition) is 1. The van der Waals surface area contributed by atoms with Gasteiger partial charge in [-0.2, -0.15) is 0 Å². The summed E-state index contributed by atoms with van der Waals surface area (Å²) < 4.78 is 14.4. The van der Waals surface area contributed by atoms with Gasteiger partial charge in [0, 0.05) is 4.47 Å². The zero-order chi connectivity index (χ0) is 13.8. The van der Waals surface area contributed by atoms with Gasteiger partial charge in [0.2, 0.25) is 0 Å². The van der Waals surface area contributed by atoms with Crippen LogP contribution in [0.15, 0.2) is 46.9 Å². The molecule has 0 aliphatic heterocycles. The molecule has 19 heavy (non-hydrogen) atoms. The summed E-state index contributed by atoms with van der Waals surface area (Å²) >= 11 is 3.51. The molecule has 2 aromatic carbocycles. The highest BCUT2D eigenvalue weighted by atomic mass is 79.9. The van der Waals surface area contributed by atoms with Crippen molar-refractivity contribution in [2.45, 2.75) is 19.9 Å².